The zero-order valence-corrected chi connectivity index (χ0v) is 10.6. The molecule has 20 heavy (non-hydrogen) atoms. The summed E-state index contributed by atoms with van der Waals surface area (Å²) in [4.78, 5) is 33.6. The molecule has 0 radical (unpaired) electrons. The standard InChI is InChI=1S/C12H16N4O4/c13-10(18)8(17)6-15-11(19)9(16-12(14)20)7-4-2-1-3-5-7/h1-5,8-9,17H,6H2,(H2,13,18)(H,15,19)(H3,14,16,20). The predicted octanol–water partition coefficient (Wildman–Crippen LogP) is -1.64. The summed E-state index contributed by atoms with van der Waals surface area (Å²) < 4.78 is 0. The van der Waals surface area contributed by atoms with Gasteiger partial charge in [-0.3, -0.25) is 9.59 Å². The Morgan fingerprint density at radius 1 is 1.15 bits per heavy atom. The molecule has 0 aliphatic heterocycles. The second-order valence-corrected chi connectivity index (χ2v) is 4.02. The van der Waals surface area contributed by atoms with Crippen molar-refractivity contribution in [2.75, 3.05) is 6.54 Å². The Morgan fingerprint density at radius 2 is 1.75 bits per heavy atom. The topological polar surface area (TPSA) is 148 Å². The van der Waals surface area contributed by atoms with Crippen molar-refractivity contribution < 1.29 is 19.5 Å². The van der Waals surface area contributed by atoms with Gasteiger partial charge in [0, 0.05) is 0 Å². The number of aliphatic hydroxyl groups is 1. The Bertz CT molecular complexity index is 491. The van der Waals surface area contributed by atoms with Crippen LogP contribution in [0, 0.1) is 0 Å². The molecule has 0 aliphatic carbocycles. The lowest BCUT2D eigenvalue weighted by Gasteiger charge is -2.18. The number of hydrogen-bond acceptors (Lipinski definition) is 4. The first-order chi connectivity index (χ1) is 9.41. The first-order valence-corrected chi connectivity index (χ1v) is 5.78. The maximum atomic E-state index is 12.0. The summed E-state index contributed by atoms with van der Waals surface area (Å²) in [5.41, 5.74) is 10.4. The van der Waals surface area contributed by atoms with Gasteiger partial charge in [-0.2, -0.15) is 0 Å². The predicted molar refractivity (Wildman–Crippen MR) is 70.1 cm³/mol. The van der Waals surface area contributed by atoms with Crippen LogP contribution in [0.2, 0.25) is 0 Å². The number of benzene rings is 1. The van der Waals surface area contributed by atoms with Gasteiger partial charge in [0.1, 0.15) is 12.1 Å². The highest BCUT2D eigenvalue weighted by Crippen LogP contribution is 2.12. The quantitative estimate of drug-likeness (QED) is 0.425. The third-order valence-electron chi connectivity index (χ3n) is 2.48. The van der Waals surface area contributed by atoms with Crippen molar-refractivity contribution >= 4 is 17.8 Å². The van der Waals surface area contributed by atoms with Crippen LogP contribution >= 0.6 is 0 Å². The third-order valence-corrected chi connectivity index (χ3v) is 2.48. The molecule has 8 nitrogen and oxygen atoms in total. The molecule has 1 rings (SSSR count). The highest BCUT2D eigenvalue weighted by molar-refractivity contribution is 5.88. The average Bonchev–Trinajstić information content (AvgIpc) is 2.42. The lowest BCUT2D eigenvalue weighted by atomic mass is 10.1. The van der Waals surface area contributed by atoms with Crippen molar-refractivity contribution in [3.8, 4) is 0 Å². The molecule has 8 heteroatoms. The van der Waals surface area contributed by atoms with E-state index >= 15 is 0 Å². The summed E-state index contributed by atoms with van der Waals surface area (Å²) in [5, 5.41) is 13.8. The van der Waals surface area contributed by atoms with Crippen LogP contribution in [0.4, 0.5) is 4.79 Å². The van der Waals surface area contributed by atoms with E-state index in [4.69, 9.17) is 11.5 Å². The number of amides is 4. The molecule has 0 saturated carbocycles. The molecule has 1 aromatic carbocycles. The first-order valence-electron chi connectivity index (χ1n) is 5.78. The molecule has 1 aromatic rings. The van der Waals surface area contributed by atoms with Crippen molar-refractivity contribution in [2.24, 2.45) is 11.5 Å². The van der Waals surface area contributed by atoms with E-state index in [0.717, 1.165) is 0 Å². The molecule has 0 bridgehead atoms. The van der Waals surface area contributed by atoms with Gasteiger partial charge in [0.2, 0.25) is 11.8 Å². The molecule has 2 unspecified atom stereocenters. The van der Waals surface area contributed by atoms with Gasteiger partial charge in [-0.05, 0) is 5.56 Å². The fourth-order valence-electron chi connectivity index (χ4n) is 1.49. The van der Waals surface area contributed by atoms with Gasteiger partial charge in [0.25, 0.3) is 0 Å². The summed E-state index contributed by atoms with van der Waals surface area (Å²) in [7, 11) is 0. The van der Waals surface area contributed by atoms with E-state index in [1.54, 1.807) is 30.3 Å². The number of primary amides is 2. The van der Waals surface area contributed by atoms with E-state index in [9.17, 15) is 19.5 Å². The summed E-state index contributed by atoms with van der Waals surface area (Å²) in [6.45, 7) is -0.349. The summed E-state index contributed by atoms with van der Waals surface area (Å²) >= 11 is 0. The number of aliphatic hydroxyl groups excluding tert-OH is 1. The van der Waals surface area contributed by atoms with Crippen molar-refractivity contribution in [2.45, 2.75) is 12.1 Å². The summed E-state index contributed by atoms with van der Waals surface area (Å²) in [6, 6.07) is 6.50. The van der Waals surface area contributed by atoms with Gasteiger partial charge in [-0.25, -0.2) is 4.79 Å². The zero-order valence-electron chi connectivity index (χ0n) is 10.6. The molecule has 0 aromatic heterocycles. The van der Waals surface area contributed by atoms with Crippen LogP contribution in [-0.4, -0.2) is 35.6 Å². The van der Waals surface area contributed by atoms with E-state index in [-0.39, 0.29) is 6.54 Å². The maximum absolute atomic E-state index is 12.0. The lowest BCUT2D eigenvalue weighted by Crippen LogP contribution is -2.46. The number of hydrogen-bond donors (Lipinski definition) is 5. The number of urea groups is 1. The van der Waals surface area contributed by atoms with Crippen LogP contribution in [0.15, 0.2) is 30.3 Å². The number of carbonyl (C=O) groups excluding carboxylic acids is 3. The number of rotatable bonds is 6. The highest BCUT2D eigenvalue weighted by atomic mass is 16.3. The molecular formula is C12H16N4O4. The molecule has 108 valence electrons. The molecule has 4 amide bonds. The van der Waals surface area contributed by atoms with Gasteiger partial charge in [0.15, 0.2) is 0 Å². The average molecular weight is 280 g/mol. The van der Waals surface area contributed by atoms with Crippen molar-refractivity contribution in [3.63, 3.8) is 0 Å². The fraction of sp³-hybridized carbons (Fsp3) is 0.250. The van der Waals surface area contributed by atoms with Crippen LogP contribution in [0.5, 0.6) is 0 Å². The first kappa shape index (κ1) is 15.4. The van der Waals surface area contributed by atoms with Crippen LogP contribution in [0.25, 0.3) is 0 Å². The van der Waals surface area contributed by atoms with Crippen molar-refractivity contribution in [3.05, 3.63) is 35.9 Å². The molecule has 0 fully saturated rings. The minimum atomic E-state index is -1.50. The maximum Gasteiger partial charge on any atom is 0.313 e. The van der Waals surface area contributed by atoms with Crippen molar-refractivity contribution in [1.29, 1.82) is 0 Å². The minimum absolute atomic E-state index is 0.349. The SMILES string of the molecule is NC(=O)NC(C(=O)NCC(O)C(N)=O)c1ccccc1. The van der Waals surface area contributed by atoms with Crippen LogP contribution in [-0.2, 0) is 9.59 Å². The van der Waals surface area contributed by atoms with E-state index in [2.05, 4.69) is 10.6 Å². The normalized spacial score (nSPS) is 13.1. The van der Waals surface area contributed by atoms with E-state index < -0.39 is 30.0 Å². The minimum Gasteiger partial charge on any atom is -0.381 e. The molecular weight excluding hydrogens is 264 g/mol. The number of nitrogens with one attached hydrogen (secondary N) is 2. The van der Waals surface area contributed by atoms with E-state index in [1.807, 2.05) is 0 Å². The Kier molecular flexibility index (Phi) is 5.48. The Morgan fingerprint density at radius 3 is 2.25 bits per heavy atom. The molecule has 0 spiro atoms. The lowest BCUT2D eigenvalue weighted by molar-refractivity contribution is -0.127. The van der Waals surface area contributed by atoms with E-state index in [1.165, 1.54) is 0 Å². The third kappa shape index (κ3) is 4.58. The Balaban J connectivity index is 2.76. The number of nitrogens with two attached hydrogens (primary N) is 2. The molecule has 7 N–H and O–H groups in total. The van der Waals surface area contributed by atoms with Crippen molar-refractivity contribution in [1.82, 2.24) is 10.6 Å². The zero-order chi connectivity index (χ0) is 15.1. The Hall–Kier alpha value is -2.61. The number of carbonyl (C=O) groups is 3. The van der Waals surface area contributed by atoms with Gasteiger partial charge in [-0.15, -0.1) is 0 Å². The van der Waals surface area contributed by atoms with Crippen LogP contribution < -0.4 is 22.1 Å². The van der Waals surface area contributed by atoms with Gasteiger partial charge >= 0.3 is 6.03 Å². The second-order valence-electron chi connectivity index (χ2n) is 4.02. The second kappa shape index (κ2) is 7.10. The molecule has 0 saturated heterocycles. The van der Waals surface area contributed by atoms with Crippen LogP contribution in [0.1, 0.15) is 11.6 Å². The summed E-state index contributed by atoms with van der Waals surface area (Å²) in [5.74, 6) is -1.57. The van der Waals surface area contributed by atoms with Gasteiger partial charge in [-0.1, -0.05) is 30.3 Å². The van der Waals surface area contributed by atoms with E-state index in [0.29, 0.717) is 5.56 Å². The van der Waals surface area contributed by atoms with Gasteiger partial charge < -0.3 is 27.2 Å². The smallest absolute Gasteiger partial charge is 0.313 e. The largest absolute Gasteiger partial charge is 0.381 e. The molecule has 2 atom stereocenters. The Labute approximate surface area is 115 Å². The highest BCUT2D eigenvalue weighted by Gasteiger charge is 2.22. The monoisotopic (exact) mass is 280 g/mol. The van der Waals surface area contributed by atoms with Gasteiger partial charge in [0.05, 0.1) is 6.54 Å². The van der Waals surface area contributed by atoms with Crippen LogP contribution in [0.3, 0.4) is 0 Å². The molecule has 0 aliphatic rings. The molecule has 0 heterocycles. The fourth-order valence-corrected chi connectivity index (χ4v) is 1.49. The summed E-state index contributed by atoms with van der Waals surface area (Å²) in [6.07, 6.45) is -1.50.